The first-order valence-corrected chi connectivity index (χ1v) is 9.67. The van der Waals surface area contributed by atoms with Crippen molar-refractivity contribution in [2.75, 3.05) is 46.4 Å². The van der Waals surface area contributed by atoms with Gasteiger partial charge in [-0.2, -0.15) is 0 Å². The Morgan fingerprint density at radius 1 is 1.28 bits per heavy atom. The lowest BCUT2D eigenvalue weighted by atomic mass is 9.77. The Morgan fingerprint density at radius 3 is 2.80 bits per heavy atom. The summed E-state index contributed by atoms with van der Waals surface area (Å²) in [5, 5.41) is 0. The molecule has 2 heterocycles. The van der Waals surface area contributed by atoms with E-state index in [9.17, 15) is 4.79 Å². The SMILES string of the molecule is COC[C@@H]1CN(CC2CC2)C[C@@]12CCN(C(=O)c1ccccc1C)C2. The van der Waals surface area contributed by atoms with Crippen molar-refractivity contribution in [3.8, 4) is 0 Å². The summed E-state index contributed by atoms with van der Waals surface area (Å²) < 4.78 is 5.55. The van der Waals surface area contributed by atoms with E-state index >= 15 is 0 Å². The Hall–Kier alpha value is -1.39. The molecule has 3 aliphatic rings. The maximum atomic E-state index is 13.0. The fourth-order valence-corrected chi connectivity index (χ4v) is 4.89. The van der Waals surface area contributed by atoms with E-state index in [1.54, 1.807) is 0 Å². The van der Waals surface area contributed by atoms with Crippen LogP contribution in [0.15, 0.2) is 24.3 Å². The summed E-state index contributed by atoms with van der Waals surface area (Å²) in [6.07, 6.45) is 3.91. The topological polar surface area (TPSA) is 32.8 Å². The number of methoxy groups -OCH3 is 1. The average Bonchev–Trinajstić information content (AvgIpc) is 3.21. The first-order chi connectivity index (χ1) is 12.1. The third kappa shape index (κ3) is 3.34. The van der Waals surface area contributed by atoms with Crippen molar-refractivity contribution in [3.63, 3.8) is 0 Å². The summed E-state index contributed by atoms with van der Waals surface area (Å²) in [4.78, 5) is 17.8. The van der Waals surface area contributed by atoms with Gasteiger partial charge in [0.15, 0.2) is 0 Å². The maximum Gasteiger partial charge on any atom is 0.254 e. The highest BCUT2D eigenvalue weighted by Crippen LogP contribution is 2.45. The van der Waals surface area contributed by atoms with Crippen LogP contribution in [0.4, 0.5) is 0 Å². The van der Waals surface area contributed by atoms with Crippen LogP contribution in [0.5, 0.6) is 0 Å². The van der Waals surface area contributed by atoms with Gasteiger partial charge in [0.2, 0.25) is 0 Å². The van der Waals surface area contributed by atoms with Gasteiger partial charge in [-0.25, -0.2) is 0 Å². The molecule has 0 radical (unpaired) electrons. The van der Waals surface area contributed by atoms with Crippen LogP contribution in [-0.4, -0.2) is 62.1 Å². The first kappa shape index (κ1) is 17.0. The lowest BCUT2D eigenvalue weighted by Crippen LogP contribution is -2.38. The molecule has 0 N–H and O–H groups in total. The number of amides is 1. The number of benzene rings is 1. The van der Waals surface area contributed by atoms with Gasteiger partial charge in [-0.15, -0.1) is 0 Å². The Balaban J connectivity index is 1.48. The van der Waals surface area contributed by atoms with Crippen LogP contribution in [0.1, 0.15) is 35.2 Å². The van der Waals surface area contributed by atoms with E-state index in [4.69, 9.17) is 4.74 Å². The number of carbonyl (C=O) groups excluding carboxylic acids is 1. The summed E-state index contributed by atoms with van der Waals surface area (Å²) in [7, 11) is 1.81. The quantitative estimate of drug-likeness (QED) is 0.825. The Morgan fingerprint density at radius 2 is 2.08 bits per heavy atom. The van der Waals surface area contributed by atoms with Crippen molar-refractivity contribution in [3.05, 3.63) is 35.4 Å². The summed E-state index contributed by atoms with van der Waals surface area (Å²) in [5.74, 6) is 1.67. The predicted octanol–water partition coefficient (Wildman–Crippen LogP) is 2.82. The van der Waals surface area contributed by atoms with Gasteiger partial charge < -0.3 is 14.5 Å². The van der Waals surface area contributed by atoms with Gasteiger partial charge in [-0.1, -0.05) is 18.2 Å². The fourth-order valence-electron chi connectivity index (χ4n) is 4.89. The van der Waals surface area contributed by atoms with Gasteiger partial charge in [-0.3, -0.25) is 4.79 Å². The van der Waals surface area contributed by atoms with Crippen LogP contribution < -0.4 is 0 Å². The van der Waals surface area contributed by atoms with E-state index in [0.29, 0.717) is 5.92 Å². The van der Waals surface area contributed by atoms with Crippen LogP contribution in [0, 0.1) is 24.2 Å². The van der Waals surface area contributed by atoms with E-state index in [1.807, 2.05) is 38.3 Å². The summed E-state index contributed by atoms with van der Waals surface area (Å²) in [6.45, 7) is 8.12. The third-order valence-corrected chi connectivity index (χ3v) is 6.51. The predicted molar refractivity (Wildman–Crippen MR) is 98.7 cm³/mol. The first-order valence-electron chi connectivity index (χ1n) is 9.67. The molecule has 4 heteroatoms. The molecule has 0 aromatic heterocycles. The van der Waals surface area contributed by atoms with Gasteiger partial charge in [0.1, 0.15) is 0 Å². The van der Waals surface area contributed by atoms with Gasteiger partial charge >= 0.3 is 0 Å². The molecule has 0 bridgehead atoms. The molecule has 2 aliphatic heterocycles. The Labute approximate surface area is 151 Å². The molecule has 3 fully saturated rings. The largest absolute Gasteiger partial charge is 0.384 e. The second-order valence-corrected chi connectivity index (χ2v) is 8.44. The molecule has 2 atom stereocenters. The highest BCUT2D eigenvalue weighted by molar-refractivity contribution is 5.95. The molecule has 2 saturated heterocycles. The number of carbonyl (C=O) groups is 1. The Bertz CT molecular complexity index is 643. The van der Waals surface area contributed by atoms with E-state index in [2.05, 4.69) is 9.80 Å². The van der Waals surface area contributed by atoms with Crippen molar-refractivity contribution in [1.82, 2.24) is 9.80 Å². The molecule has 1 aromatic carbocycles. The molecular formula is C21H30N2O2. The smallest absolute Gasteiger partial charge is 0.254 e. The van der Waals surface area contributed by atoms with Crippen LogP contribution in [0.2, 0.25) is 0 Å². The lowest BCUT2D eigenvalue weighted by molar-refractivity contribution is 0.0715. The average molecular weight is 342 g/mol. The van der Waals surface area contributed by atoms with Crippen molar-refractivity contribution in [1.29, 1.82) is 0 Å². The van der Waals surface area contributed by atoms with Gasteiger partial charge in [-0.05, 0) is 43.7 Å². The lowest BCUT2D eigenvalue weighted by Gasteiger charge is -2.30. The van der Waals surface area contributed by atoms with E-state index in [-0.39, 0.29) is 11.3 Å². The minimum atomic E-state index is 0.201. The van der Waals surface area contributed by atoms with Crippen molar-refractivity contribution >= 4 is 5.91 Å². The van der Waals surface area contributed by atoms with Gasteiger partial charge in [0, 0.05) is 56.7 Å². The van der Waals surface area contributed by atoms with Crippen LogP contribution in [0.25, 0.3) is 0 Å². The van der Waals surface area contributed by atoms with Crippen molar-refractivity contribution in [2.45, 2.75) is 26.2 Å². The zero-order valence-electron chi connectivity index (χ0n) is 15.5. The number of likely N-dealkylation sites (tertiary alicyclic amines) is 2. The van der Waals surface area contributed by atoms with Crippen LogP contribution in [0.3, 0.4) is 0 Å². The number of aryl methyl sites for hydroxylation is 1. The van der Waals surface area contributed by atoms with Crippen LogP contribution >= 0.6 is 0 Å². The molecule has 4 rings (SSSR count). The number of hydrogen-bond acceptors (Lipinski definition) is 3. The molecule has 4 nitrogen and oxygen atoms in total. The van der Waals surface area contributed by atoms with Crippen LogP contribution in [-0.2, 0) is 4.74 Å². The highest BCUT2D eigenvalue weighted by atomic mass is 16.5. The number of rotatable bonds is 5. The minimum Gasteiger partial charge on any atom is -0.384 e. The highest BCUT2D eigenvalue weighted by Gasteiger charge is 2.51. The molecule has 136 valence electrons. The molecule has 0 unspecified atom stereocenters. The standard InChI is InChI=1S/C21H30N2O2/c1-16-5-3-4-6-19(16)20(24)23-10-9-21(15-23)14-22(11-17-7-8-17)12-18(21)13-25-2/h3-6,17-18H,7-15H2,1-2H3/t18-,21+/m0/s1. The second-order valence-electron chi connectivity index (χ2n) is 8.44. The van der Waals surface area contributed by atoms with E-state index in [0.717, 1.165) is 56.3 Å². The summed E-state index contributed by atoms with van der Waals surface area (Å²) in [6, 6.07) is 7.95. The number of ether oxygens (including phenoxy) is 1. The molecule has 1 aliphatic carbocycles. The van der Waals surface area contributed by atoms with E-state index in [1.165, 1.54) is 19.4 Å². The Kier molecular flexibility index (Phi) is 4.59. The normalized spacial score (nSPS) is 29.7. The molecule has 1 aromatic rings. The second kappa shape index (κ2) is 6.73. The fraction of sp³-hybridized carbons (Fsp3) is 0.667. The minimum absolute atomic E-state index is 0.201. The number of hydrogen-bond donors (Lipinski definition) is 0. The van der Waals surface area contributed by atoms with Crippen molar-refractivity contribution in [2.24, 2.45) is 17.3 Å². The molecular weight excluding hydrogens is 312 g/mol. The van der Waals surface area contributed by atoms with Crippen molar-refractivity contribution < 1.29 is 9.53 Å². The molecule has 1 spiro atoms. The zero-order valence-corrected chi connectivity index (χ0v) is 15.5. The zero-order chi connectivity index (χ0) is 17.4. The monoisotopic (exact) mass is 342 g/mol. The van der Waals surface area contributed by atoms with E-state index < -0.39 is 0 Å². The summed E-state index contributed by atoms with van der Waals surface area (Å²) >= 11 is 0. The maximum absolute atomic E-state index is 13.0. The summed E-state index contributed by atoms with van der Waals surface area (Å²) in [5.41, 5.74) is 2.16. The molecule has 1 amide bonds. The molecule has 25 heavy (non-hydrogen) atoms. The molecule has 1 saturated carbocycles. The number of nitrogens with zero attached hydrogens (tertiary/aromatic N) is 2. The van der Waals surface area contributed by atoms with Gasteiger partial charge in [0.05, 0.1) is 6.61 Å². The third-order valence-electron chi connectivity index (χ3n) is 6.51. The van der Waals surface area contributed by atoms with Gasteiger partial charge in [0.25, 0.3) is 5.91 Å².